The number of rotatable bonds is 7. The van der Waals surface area contributed by atoms with Gasteiger partial charge in [-0.1, -0.05) is 48.0 Å². The smallest absolute Gasteiger partial charge is 0.225 e. The molecule has 1 unspecified atom stereocenters. The monoisotopic (exact) mass is 366 g/mol. The first kappa shape index (κ1) is 19.0. The van der Waals surface area contributed by atoms with Gasteiger partial charge < -0.3 is 15.0 Å². The normalized spacial score (nSPS) is 16.1. The number of amides is 2. The lowest BCUT2D eigenvalue weighted by molar-refractivity contribution is -0.133. The van der Waals surface area contributed by atoms with E-state index in [0.29, 0.717) is 25.9 Å². The van der Waals surface area contributed by atoms with E-state index in [2.05, 4.69) is 11.4 Å². The van der Waals surface area contributed by atoms with Crippen LogP contribution < -0.4 is 10.1 Å². The summed E-state index contributed by atoms with van der Waals surface area (Å²) in [5, 5.41) is 2.89. The molecular weight excluding hydrogens is 340 g/mol. The van der Waals surface area contributed by atoms with Crippen LogP contribution in [0.25, 0.3) is 0 Å². The molecule has 0 radical (unpaired) electrons. The number of nitrogens with one attached hydrogen (secondary N) is 1. The van der Waals surface area contributed by atoms with Crippen LogP contribution in [0.1, 0.15) is 36.0 Å². The highest BCUT2D eigenvalue weighted by Crippen LogP contribution is 2.22. The zero-order valence-electron chi connectivity index (χ0n) is 15.9. The fourth-order valence-corrected chi connectivity index (χ4v) is 3.47. The Morgan fingerprint density at radius 3 is 2.70 bits per heavy atom. The molecule has 1 saturated heterocycles. The van der Waals surface area contributed by atoms with Gasteiger partial charge in [0.1, 0.15) is 5.75 Å². The number of carbonyl (C=O) groups excluding carboxylic acids is 2. The van der Waals surface area contributed by atoms with Gasteiger partial charge >= 0.3 is 0 Å². The predicted molar refractivity (Wildman–Crippen MR) is 104 cm³/mol. The highest BCUT2D eigenvalue weighted by Gasteiger charge is 2.26. The zero-order chi connectivity index (χ0) is 19.2. The molecule has 1 fully saturated rings. The van der Waals surface area contributed by atoms with Crippen molar-refractivity contribution in [2.75, 3.05) is 7.11 Å². The van der Waals surface area contributed by atoms with Crippen molar-refractivity contribution >= 4 is 11.8 Å². The largest absolute Gasteiger partial charge is 0.496 e. The minimum Gasteiger partial charge on any atom is -0.496 e. The van der Waals surface area contributed by atoms with Gasteiger partial charge in [0.25, 0.3) is 0 Å². The molecule has 1 atom stereocenters. The minimum atomic E-state index is -0.0670. The van der Waals surface area contributed by atoms with Crippen LogP contribution in [0.2, 0.25) is 0 Å². The van der Waals surface area contributed by atoms with E-state index < -0.39 is 0 Å². The van der Waals surface area contributed by atoms with Crippen LogP contribution >= 0.6 is 0 Å². The molecule has 1 aliphatic rings. The van der Waals surface area contributed by atoms with Crippen molar-refractivity contribution in [3.63, 3.8) is 0 Å². The third-order valence-electron chi connectivity index (χ3n) is 4.87. The van der Waals surface area contributed by atoms with Crippen molar-refractivity contribution in [3.05, 3.63) is 65.2 Å². The molecule has 5 nitrogen and oxygen atoms in total. The summed E-state index contributed by atoms with van der Waals surface area (Å²) in [7, 11) is 1.64. The summed E-state index contributed by atoms with van der Waals surface area (Å²) in [5.41, 5.74) is 3.23. The first-order chi connectivity index (χ1) is 13.0. The molecule has 1 N–H and O–H groups in total. The van der Waals surface area contributed by atoms with Gasteiger partial charge in [0.05, 0.1) is 7.11 Å². The molecule has 3 rings (SSSR count). The number of benzene rings is 2. The molecule has 2 aromatic carbocycles. The lowest BCUT2D eigenvalue weighted by Crippen LogP contribution is -2.36. The van der Waals surface area contributed by atoms with Gasteiger partial charge in [-0.25, -0.2) is 0 Å². The van der Waals surface area contributed by atoms with Crippen molar-refractivity contribution in [1.29, 1.82) is 0 Å². The number of ether oxygens (including phenoxy) is 1. The van der Waals surface area contributed by atoms with E-state index >= 15 is 0 Å². The van der Waals surface area contributed by atoms with Crippen LogP contribution in [-0.2, 0) is 22.7 Å². The maximum absolute atomic E-state index is 13.0. The Hall–Kier alpha value is -2.82. The first-order valence-corrected chi connectivity index (χ1v) is 9.29. The molecule has 27 heavy (non-hydrogen) atoms. The maximum Gasteiger partial charge on any atom is 0.225 e. The number of nitrogens with zero attached hydrogens (tertiary/aromatic N) is 1. The molecule has 0 aliphatic carbocycles. The van der Waals surface area contributed by atoms with E-state index in [-0.39, 0.29) is 17.9 Å². The Bertz CT molecular complexity index is 819. The summed E-state index contributed by atoms with van der Waals surface area (Å²) in [6.07, 6.45) is 1.55. The molecule has 0 bridgehead atoms. The van der Waals surface area contributed by atoms with Crippen LogP contribution in [0.5, 0.6) is 5.75 Å². The van der Waals surface area contributed by atoms with Crippen molar-refractivity contribution < 1.29 is 14.3 Å². The highest BCUT2D eigenvalue weighted by atomic mass is 16.5. The Kier molecular flexibility index (Phi) is 6.12. The quantitative estimate of drug-likeness (QED) is 0.819. The van der Waals surface area contributed by atoms with E-state index in [9.17, 15) is 9.59 Å². The summed E-state index contributed by atoms with van der Waals surface area (Å²) in [6.45, 7) is 3.04. The second kappa shape index (κ2) is 8.71. The van der Waals surface area contributed by atoms with E-state index in [4.69, 9.17) is 4.74 Å². The van der Waals surface area contributed by atoms with Crippen molar-refractivity contribution in [2.24, 2.45) is 0 Å². The van der Waals surface area contributed by atoms with Crippen LogP contribution in [0.15, 0.2) is 48.5 Å². The van der Waals surface area contributed by atoms with E-state index in [0.717, 1.165) is 23.3 Å². The first-order valence-electron chi connectivity index (χ1n) is 9.29. The number of aryl methyl sites for hydroxylation is 1. The molecule has 2 amide bonds. The second-order valence-electron chi connectivity index (χ2n) is 7.06. The Balaban J connectivity index is 1.79. The molecule has 1 aliphatic heterocycles. The Morgan fingerprint density at radius 1 is 1.19 bits per heavy atom. The van der Waals surface area contributed by atoms with Crippen LogP contribution in [0.4, 0.5) is 0 Å². The second-order valence-corrected chi connectivity index (χ2v) is 7.06. The summed E-state index contributed by atoms with van der Waals surface area (Å²) >= 11 is 0. The van der Waals surface area contributed by atoms with Crippen molar-refractivity contribution in [1.82, 2.24) is 10.2 Å². The third-order valence-corrected chi connectivity index (χ3v) is 4.87. The van der Waals surface area contributed by atoms with Crippen LogP contribution in [0.3, 0.4) is 0 Å². The molecule has 142 valence electrons. The summed E-state index contributed by atoms with van der Waals surface area (Å²) in [6, 6.07) is 15.9. The molecule has 5 heteroatoms. The van der Waals surface area contributed by atoms with Gasteiger partial charge in [0, 0.05) is 37.5 Å². The molecule has 2 aromatic rings. The summed E-state index contributed by atoms with van der Waals surface area (Å²) in [5.74, 6) is 0.839. The fourth-order valence-electron chi connectivity index (χ4n) is 3.47. The average Bonchev–Trinajstić information content (AvgIpc) is 3.06. The standard InChI is InChI=1S/C22H26N2O3/c1-16-6-5-7-17(12-16)14-24(15-18-8-3-4-9-20(18)27-2)22(26)13-19-10-11-21(25)23-19/h3-9,12,19H,10-11,13-15H2,1-2H3,(H,23,25). The Morgan fingerprint density at radius 2 is 2.00 bits per heavy atom. The topological polar surface area (TPSA) is 58.6 Å². The van der Waals surface area contributed by atoms with E-state index in [1.165, 1.54) is 5.56 Å². The van der Waals surface area contributed by atoms with Crippen LogP contribution in [-0.4, -0.2) is 29.9 Å². The molecule has 0 saturated carbocycles. The van der Waals surface area contributed by atoms with Gasteiger partial charge in [0.2, 0.25) is 11.8 Å². The van der Waals surface area contributed by atoms with Gasteiger partial charge in [-0.3, -0.25) is 9.59 Å². The highest BCUT2D eigenvalue weighted by molar-refractivity contribution is 5.82. The number of hydrogen-bond donors (Lipinski definition) is 1. The number of methoxy groups -OCH3 is 1. The Labute approximate surface area is 160 Å². The minimum absolute atomic E-state index is 0.0303. The average molecular weight is 366 g/mol. The van der Waals surface area contributed by atoms with Crippen molar-refractivity contribution in [2.45, 2.75) is 45.3 Å². The zero-order valence-corrected chi connectivity index (χ0v) is 15.9. The predicted octanol–water partition coefficient (Wildman–Crippen LogP) is 3.20. The fraction of sp³-hybridized carbons (Fsp3) is 0.364. The number of para-hydroxylation sites is 1. The SMILES string of the molecule is COc1ccccc1CN(Cc1cccc(C)c1)C(=O)CC1CCC(=O)N1. The molecule has 1 heterocycles. The van der Waals surface area contributed by atoms with E-state index in [1.54, 1.807) is 7.11 Å². The van der Waals surface area contributed by atoms with Crippen molar-refractivity contribution in [3.8, 4) is 5.75 Å². The lowest BCUT2D eigenvalue weighted by atomic mass is 10.1. The molecule has 0 aromatic heterocycles. The third kappa shape index (κ3) is 5.09. The van der Waals surface area contributed by atoms with Crippen LogP contribution in [0, 0.1) is 6.92 Å². The van der Waals surface area contributed by atoms with Gasteiger partial charge in [-0.2, -0.15) is 0 Å². The van der Waals surface area contributed by atoms with Gasteiger partial charge in [-0.15, -0.1) is 0 Å². The molecular formula is C22H26N2O3. The summed E-state index contributed by atoms with van der Waals surface area (Å²) in [4.78, 5) is 26.3. The van der Waals surface area contributed by atoms with Gasteiger partial charge in [0.15, 0.2) is 0 Å². The maximum atomic E-state index is 13.0. The van der Waals surface area contributed by atoms with Gasteiger partial charge in [-0.05, 0) is 25.0 Å². The summed E-state index contributed by atoms with van der Waals surface area (Å²) < 4.78 is 5.45. The lowest BCUT2D eigenvalue weighted by Gasteiger charge is -2.25. The van der Waals surface area contributed by atoms with E-state index in [1.807, 2.05) is 54.3 Å². The number of hydrogen-bond acceptors (Lipinski definition) is 3. The molecule has 0 spiro atoms. The number of carbonyl (C=O) groups is 2.